The van der Waals surface area contributed by atoms with E-state index in [0.717, 1.165) is 15.6 Å². The summed E-state index contributed by atoms with van der Waals surface area (Å²) in [5, 5.41) is 7.47. The molecule has 0 bridgehead atoms. The lowest BCUT2D eigenvalue weighted by Gasteiger charge is -2.14. The fourth-order valence-corrected chi connectivity index (χ4v) is 3.58. The van der Waals surface area contributed by atoms with Crippen LogP contribution < -0.4 is 5.73 Å². The predicted molar refractivity (Wildman–Crippen MR) is 86.6 cm³/mol. The van der Waals surface area contributed by atoms with Gasteiger partial charge in [-0.1, -0.05) is 53.7 Å². The van der Waals surface area contributed by atoms with Crippen LogP contribution in [0.2, 0.25) is 0 Å². The molecular weight excluding hydrogens is 314 g/mol. The van der Waals surface area contributed by atoms with Gasteiger partial charge in [0.05, 0.1) is 0 Å². The molecule has 2 aromatic rings. The van der Waals surface area contributed by atoms with Crippen molar-refractivity contribution in [3.05, 3.63) is 34.4 Å². The van der Waals surface area contributed by atoms with Crippen molar-refractivity contribution >= 4 is 21.7 Å². The van der Waals surface area contributed by atoms with Crippen molar-refractivity contribution in [1.29, 1.82) is 0 Å². The summed E-state index contributed by atoms with van der Waals surface area (Å²) in [6, 6.07) is 8.29. The van der Waals surface area contributed by atoms with Crippen LogP contribution in [0.5, 0.6) is 0 Å². The molecule has 1 aliphatic carbocycles. The number of aromatic amines is 1. The highest BCUT2D eigenvalue weighted by Gasteiger charge is 2.22. The molecule has 0 saturated heterocycles. The second kappa shape index (κ2) is 6.00. The average Bonchev–Trinajstić information content (AvgIpc) is 2.65. The fourth-order valence-electron chi connectivity index (χ4n) is 3.18. The van der Waals surface area contributed by atoms with Gasteiger partial charge in [0, 0.05) is 21.6 Å². The van der Waals surface area contributed by atoms with E-state index in [9.17, 15) is 0 Å². The van der Waals surface area contributed by atoms with Gasteiger partial charge >= 0.3 is 0 Å². The molecule has 1 heterocycles. The number of nitrogen functional groups attached to an aromatic ring is 1. The molecule has 3 N–H and O–H groups in total. The first-order valence-electron chi connectivity index (χ1n) is 7.35. The molecule has 0 radical (unpaired) electrons. The number of aromatic nitrogens is 2. The third-order valence-electron chi connectivity index (χ3n) is 4.20. The van der Waals surface area contributed by atoms with Gasteiger partial charge in [0.1, 0.15) is 0 Å². The van der Waals surface area contributed by atoms with Gasteiger partial charge in [-0.2, -0.15) is 5.10 Å². The Balaban J connectivity index is 2.00. The third kappa shape index (κ3) is 2.75. The average molecular weight is 334 g/mol. The van der Waals surface area contributed by atoms with E-state index in [1.165, 1.54) is 44.2 Å². The smallest absolute Gasteiger partial charge is 0.153 e. The molecule has 1 aromatic heterocycles. The molecule has 106 valence electrons. The van der Waals surface area contributed by atoms with E-state index in [0.29, 0.717) is 11.7 Å². The summed E-state index contributed by atoms with van der Waals surface area (Å²) in [5.41, 5.74) is 9.58. The van der Waals surface area contributed by atoms with Crippen molar-refractivity contribution < 1.29 is 0 Å². The van der Waals surface area contributed by atoms with Gasteiger partial charge in [-0.25, -0.2) is 0 Å². The summed E-state index contributed by atoms with van der Waals surface area (Å²) in [4.78, 5) is 0. The maximum atomic E-state index is 6.11. The van der Waals surface area contributed by atoms with Gasteiger partial charge < -0.3 is 5.73 Å². The first-order valence-corrected chi connectivity index (χ1v) is 8.14. The Morgan fingerprint density at radius 2 is 1.90 bits per heavy atom. The van der Waals surface area contributed by atoms with E-state index in [4.69, 9.17) is 5.73 Å². The molecule has 3 rings (SSSR count). The van der Waals surface area contributed by atoms with E-state index < -0.39 is 0 Å². The molecule has 3 nitrogen and oxygen atoms in total. The van der Waals surface area contributed by atoms with Crippen LogP contribution in [0.25, 0.3) is 11.1 Å². The predicted octanol–water partition coefficient (Wildman–Crippen LogP) is 4.86. The Bertz CT molecular complexity index is 583. The highest BCUT2D eigenvalue weighted by molar-refractivity contribution is 9.10. The maximum absolute atomic E-state index is 6.11. The Morgan fingerprint density at radius 1 is 1.15 bits per heavy atom. The molecule has 1 saturated carbocycles. The number of H-pyrrole nitrogens is 1. The number of rotatable bonds is 2. The zero-order valence-electron chi connectivity index (χ0n) is 11.5. The summed E-state index contributed by atoms with van der Waals surface area (Å²) in [7, 11) is 0. The van der Waals surface area contributed by atoms with Gasteiger partial charge in [0.15, 0.2) is 5.82 Å². The molecule has 0 aliphatic heterocycles. The molecule has 1 aromatic carbocycles. The Hall–Kier alpha value is -1.29. The van der Waals surface area contributed by atoms with E-state index >= 15 is 0 Å². The third-order valence-corrected chi connectivity index (χ3v) is 4.69. The van der Waals surface area contributed by atoms with Gasteiger partial charge in [0.25, 0.3) is 0 Å². The zero-order valence-corrected chi connectivity index (χ0v) is 13.1. The van der Waals surface area contributed by atoms with Gasteiger partial charge in [-0.05, 0) is 30.5 Å². The molecule has 0 unspecified atom stereocenters. The zero-order chi connectivity index (χ0) is 13.9. The van der Waals surface area contributed by atoms with Crippen molar-refractivity contribution in [3.8, 4) is 11.1 Å². The lowest BCUT2D eigenvalue weighted by atomic mass is 9.91. The lowest BCUT2D eigenvalue weighted by Crippen LogP contribution is -2.00. The summed E-state index contributed by atoms with van der Waals surface area (Å²) < 4.78 is 1.07. The van der Waals surface area contributed by atoms with Crippen LogP contribution in [0.15, 0.2) is 28.7 Å². The summed E-state index contributed by atoms with van der Waals surface area (Å²) in [6.07, 6.45) is 7.80. The molecule has 20 heavy (non-hydrogen) atoms. The molecule has 0 spiro atoms. The number of nitrogens with one attached hydrogen (secondary N) is 1. The van der Waals surface area contributed by atoms with Gasteiger partial charge in [-0.15, -0.1) is 0 Å². The quantitative estimate of drug-likeness (QED) is 0.771. The Labute approximate surface area is 128 Å². The number of halogens is 1. The topological polar surface area (TPSA) is 54.7 Å². The van der Waals surface area contributed by atoms with Crippen molar-refractivity contribution in [2.24, 2.45) is 0 Å². The summed E-state index contributed by atoms with van der Waals surface area (Å²) in [5.74, 6) is 1.18. The largest absolute Gasteiger partial charge is 0.382 e. The van der Waals surface area contributed by atoms with E-state index in [2.05, 4.69) is 38.3 Å². The second-order valence-electron chi connectivity index (χ2n) is 5.60. The minimum atomic E-state index is 0.566. The van der Waals surface area contributed by atoms with Crippen LogP contribution in [-0.2, 0) is 0 Å². The standard InChI is InChI=1S/C16H20BrN3/c17-13-9-5-8-12(10-13)14-15(19-20-16(14)18)11-6-3-1-2-4-7-11/h5,8-11H,1-4,6-7H2,(H3,18,19,20). The van der Waals surface area contributed by atoms with Crippen LogP contribution in [0.1, 0.15) is 50.1 Å². The van der Waals surface area contributed by atoms with Crippen LogP contribution in [0.3, 0.4) is 0 Å². The van der Waals surface area contributed by atoms with Gasteiger partial charge in [-0.3, -0.25) is 5.10 Å². The second-order valence-corrected chi connectivity index (χ2v) is 6.51. The van der Waals surface area contributed by atoms with Crippen LogP contribution in [0, 0.1) is 0 Å². The number of benzene rings is 1. The molecular formula is C16H20BrN3. The molecule has 0 amide bonds. The number of hydrogen-bond donors (Lipinski definition) is 2. The highest BCUT2D eigenvalue weighted by atomic mass is 79.9. The van der Waals surface area contributed by atoms with E-state index in [1.54, 1.807) is 0 Å². The highest BCUT2D eigenvalue weighted by Crippen LogP contribution is 2.39. The number of nitrogens with zero attached hydrogens (tertiary/aromatic N) is 1. The maximum Gasteiger partial charge on any atom is 0.153 e. The van der Waals surface area contributed by atoms with Crippen molar-refractivity contribution in [2.45, 2.75) is 44.4 Å². The molecule has 1 aliphatic rings. The van der Waals surface area contributed by atoms with Crippen molar-refractivity contribution in [2.75, 3.05) is 5.73 Å². The normalized spacial score (nSPS) is 17.1. The Morgan fingerprint density at radius 3 is 2.60 bits per heavy atom. The molecule has 4 heteroatoms. The first kappa shape index (κ1) is 13.7. The number of nitrogens with two attached hydrogens (primary N) is 1. The Kier molecular flexibility index (Phi) is 4.10. The monoisotopic (exact) mass is 333 g/mol. The number of hydrogen-bond acceptors (Lipinski definition) is 2. The number of anilines is 1. The lowest BCUT2D eigenvalue weighted by molar-refractivity contribution is 0.577. The summed E-state index contributed by atoms with van der Waals surface area (Å²) in [6.45, 7) is 0. The van der Waals surface area contributed by atoms with E-state index in [1.807, 2.05) is 12.1 Å². The van der Waals surface area contributed by atoms with Crippen LogP contribution in [0.4, 0.5) is 5.82 Å². The summed E-state index contributed by atoms with van der Waals surface area (Å²) >= 11 is 3.53. The first-order chi connectivity index (χ1) is 9.75. The van der Waals surface area contributed by atoms with Gasteiger partial charge in [0.2, 0.25) is 0 Å². The molecule has 1 fully saturated rings. The fraction of sp³-hybridized carbons (Fsp3) is 0.438. The van der Waals surface area contributed by atoms with Crippen molar-refractivity contribution in [1.82, 2.24) is 10.2 Å². The minimum Gasteiger partial charge on any atom is -0.382 e. The van der Waals surface area contributed by atoms with Crippen molar-refractivity contribution in [3.63, 3.8) is 0 Å². The van der Waals surface area contributed by atoms with Crippen LogP contribution in [-0.4, -0.2) is 10.2 Å². The SMILES string of the molecule is Nc1n[nH]c(C2CCCCCC2)c1-c1cccc(Br)c1. The van der Waals surface area contributed by atoms with Crippen LogP contribution >= 0.6 is 15.9 Å². The molecule has 0 atom stereocenters. The van der Waals surface area contributed by atoms with E-state index in [-0.39, 0.29) is 0 Å². The minimum absolute atomic E-state index is 0.566.